The van der Waals surface area contributed by atoms with Crippen LogP contribution in [0.5, 0.6) is 0 Å². The predicted octanol–water partition coefficient (Wildman–Crippen LogP) is 2.82. The number of Topliss-reactive ketones (excluding diaryl/α,β-unsaturated/α-hetero) is 1. The van der Waals surface area contributed by atoms with E-state index in [1.165, 1.54) is 4.31 Å². The van der Waals surface area contributed by atoms with Gasteiger partial charge in [0.25, 0.3) is 0 Å². The largest absolute Gasteiger partial charge is 0.369 e. The van der Waals surface area contributed by atoms with Crippen molar-refractivity contribution in [1.82, 2.24) is 9.21 Å². The number of hydrogen-bond donors (Lipinski definition) is 1. The second-order valence-corrected chi connectivity index (χ2v) is 10.9. The molecule has 2 heterocycles. The van der Waals surface area contributed by atoms with Crippen LogP contribution < -0.4 is 10.2 Å². The molecule has 1 atom stereocenters. The minimum Gasteiger partial charge on any atom is -0.369 e. The number of nitrogens with one attached hydrogen (secondary N) is 1. The Kier molecular flexibility index (Phi) is 7.35. The standard InChI is InChI=1S/C25H32N4O4S/c1-19(27-15-17-28(18-16-27)23-9-5-21(6-10-23)20(2)30)25(31)26-22-7-11-24(12-8-22)34(32,33)29-13-3-4-14-29/h5-12,19H,3-4,13-18H2,1-2H3,(H,26,31)/t19-/m1/s1. The molecule has 1 amide bonds. The van der Waals surface area contributed by atoms with Crippen LogP contribution in [0.25, 0.3) is 0 Å². The normalized spacial score (nSPS) is 18.6. The summed E-state index contributed by atoms with van der Waals surface area (Å²) in [6.07, 6.45) is 1.79. The molecule has 0 aromatic heterocycles. The van der Waals surface area contributed by atoms with Crippen LogP contribution in [0.3, 0.4) is 0 Å². The number of nitrogens with zero attached hydrogens (tertiary/aromatic N) is 3. The topological polar surface area (TPSA) is 90.0 Å². The van der Waals surface area contributed by atoms with Crippen molar-refractivity contribution in [1.29, 1.82) is 0 Å². The Balaban J connectivity index is 1.30. The molecule has 1 N–H and O–H groups in total. The van der Waals surface area contributed by atoms with Crippen molar-refractivity contribution in [2.45, 2.75) is 37.6 Å². The maximum Gasteiger partial charge on any atom is 0.243 e. The Morgan fingerprint density at radius 3 is 2.00 bits per heavy atom. The van der Waals surface area contributed by atoms with Gasteiger partial charge in [0.2, 0.25) is 15.9 Å². The third-order valence-corrected chi connectivity index (χ3v) is 8.62. The summed E-state index contributed by atoms with van der Waals surface area (Å²) >= 11 is 0. The Labute approximate surface area is 201 Å². The molecule has 0 saturated carbocycles. The minimum absolute atomic E-state index is 0.0547. The summed E-state index contributed by atoms with van der Waals surface area (Å²) in [7, 11) is -3.46. The zero-order valence-electron chi connectivity index (χ0n) is 19.7. The molecular formula is C25H32N4O4S. The summed E-state index contributed by atoms with van der Waals surface area (Å²) in [5.74, 6) is -0.0616. The molecule has 2 aliphatic heterocycles. The van der Waals surface area contributed by atoms with Crippen LogP contribution in [-0.2, 0) is 14.8 Å². The lowest BCUT2D eigenvalue weighted by atomic mass is 10.1. The lowest BCUT2D eigenvalue weighted by molar-refractivity contribution is -0.120. The van der Waals surface area contributed by atoms with Gasteiger partial charge in [0.05, 0.1) is 10.9 Å². The smallest absolute Gasteiger partial charge is 0.243 e. The van der Waals surface area contributed by atoms with Crippen LogP contribution in [-0.4, -0.2) is 74.6 Å². The van der Waals surface area contributed by atoms with Gasteiger partial charge in [-0.05, 0) is 75.2 Å². The first-order valence-electron chi connectivity index (χ1n) is 11.8. The number of rotatable bonds is 7. The highest BCUT2D eigenvalue weighted by Gasteiger charge is 2.28. The third-order valence-electron chi connectivity index (χ3n) is 6.71. The maximum atomic E-state index is 12.8. The summed E-state index contributed by atoms with van der Waals surface area (Å²) in [5, 5.41) is 2.91. The van der Waals surface area contributed by atoms with Crippen LogP contribution in [0, 0.1) is 0 Å². The van der Waals surface area contributed by atoms with Crippen LogP contribution in [0.2, 0.25) is 0 Å². The average Bonchev–Trinajstić information content (AvgIpc) is 3.40. The molecule has 182 valence electrons. The van der Waals surface area contributed by atoms with Gasteiger partial charge in [0.15, 0.2) is 5.78 Å². The summed E-state index contributed by atoms with van der Waals surface area (Å²) in [6.45, 7) is 7.65. The fraction of sp³-hybridized carbons (Fsp3) is 0.440. The first-order chi connectivity index (χ1) is 16.3. The van der Waals surface area contributed by atoms with Gasteiger partial charge in [-0.3, -0.25) is 14.5 Å². The molecule has 2 aromatic carbocycles. The molecule has 2 aromatic rings. The van der Waals surface area contributed by atoms with E-state index in [0.29, 0.717) is 24.3 Å². The van der Waals surface area contributed by atoms with Gasteiger partial charge in [0, 0.05) is 56.2 Å². The highest BCUT2D eigenvalue weighted by atomic mass is 32.2. The fourth-order valence-corrected chi connectivity index (χ4v) is 5.99. The van der Waals surface area contributed by atoms with E-state index < -0.39 is 10.0 Å². The quantitative estimate of drug-likeness (QED) is 0.608. The molecule has 4 rings (SSSR count). The molecule has 0 aliphatic carbocycles. The molecule has 2 aliphatic rings. The van der Waals surface area contributed by atoms with E-state index >= 15 is 0 Å². The molecule has 2 saturated heterocycles. The van der Waals surface area contributed by atoms with Crippen LogP contribution >= 0.6 is 0 Å². The van der Waals surface area contributed by atoms with E-state index in [1.807, 2.05) is 31.2 Å². The monoisotopic (exact) mass is 484 g/mol. The van der Waals surface area contributed by atoms with E-state index in [4.69, 9.17) is 0 Å². The Morgan fingerprint density at radius 2 is 1.44 bits per heavy atom. The van der Waals surface area contributed by atoms with Gasteiger partial charge in [0.1, 0.15) is 0 Å². The fourth-order valence-electron chi connectivity index (χ4n) is 4.47. The summed E-state index contributed by atoms with van der Waals surface area (Å²) < 4.78 is 26.9. The highest BCUT2D eigenvalue weighted by Crippen LogP contribution is 2.23. The van der Waals surface area contributed by atoms with Crippen LogP contribution in [0.4, 0.5) is 11.4 Å². The second-order valence-electron chi connectivity index (χ2n) is 8.93. The number of carbonyl (C=O) groups excluding carboxylic acids is 2. The van der Waals surface area contributed by atoms with Gasteiger partial charge in [-0.15, -0.1) is 0 Å². The third kappa shape index (κ3) is 5.32. The lowest BCUT2D eigenvalue weighted by Crippen LogP contribution is -2.52. The first kappa shape index (κ1) is 24.4. The molecule has 2 fully saturated rings. The van der Waals surface area contributed by atoms with Crippen molar-refractivity contribution in [2.24, 2.45) is 0 Å². The Morgan fingerprint density at radius 1 is 0.853 bits per heavy atom. The van der Waals surface area contributed by atoms with Crippen LogP contribution in [0.15, 0.2) is 53.4 Å². The van der Waals surface area contributed by atoms with Crippen molar-refractivity contribution in [3.63, 3.8) is 0 Å². The molecule has 0 unspecified atom stereocenters. The number of amides is 1. The molecule has 9 heteroatoms. The van der Waals surface area contributed by atoms with E-state index in [-0.39, 0.29) is 22.6 Å². The van der Waals surface area contributed by atoms with E-state index in [0.717, 1.165) is 44.7 Å². The van der Waals surface area contributed by atoms with Crippen molar-refractivity contribution in [3.8, 4) is 0 Å². The Hall–Kier alpha value is -2.75. The van der Waals surface area contributed by atoms with Crippen molar-refractivity contribution in [2.75, 3.05) is 49.5 Å². The molecule has 0 spiro atoms. The van der Waals surface area contributed by atoms with Gasteiger partial charge in [-0.25, -0.2) is 8.42 Å². The Bertz CT molecular complexity index is 1120. The number of hydrogen-bond acceptors (Lipinski definition) is 6. The number of piperazine rings is 1. The zero-order chi connectivity index (χ0) is 24.3. The van der Waals surface area contributed by atoms with E-state index in [2.05, 4.69) is 15.1 Å². The number of carbonyl (C=O) groups is 2. The average molecular weight is 485 g/mol. The maximum absolute atomic E-state index is 12.8. The van der Waals surface area contributed by atoms with E-state index in [9.17, 15) is 18.0 Å². The predicted molar refractivity (Wildman–Crippen MR) is 133 cm³/mol. The van der Waals surface area contributed by atoms with Gasteiger partial charge in [-0.2, -0.15) is 4.31 Å². The minimum atomic E-state index is -3.46. The molecule has 34 heavy (non-hydrogen) atoms. The van der Waals surface area contributed by atoms with Gasteiger partial charge < -0.3 is 10.2 Å². The van der Waals surface area contributed by atoms with Crippen molar-refractivity contribution < 1.29 is 18.0 Å². The lowest BCUT2D eigenvalue weighted by Gasteiger charge is -2.38. The first-order valence-corrected chi connectivity index (χ1v) is 13.2. The summed E-state index contributed by atoms with van der Waals surface area (Å²) in [6, 6.07) is 13.7. The number of benzene rings is 2. The van der Waals surface area contributed by atoms with Crippen molar-refractivity contribution >= 4 is 33.1 Å². The van der Waals surface area contributed by atoms with Crippen LogP contribution in [0.1, 0.15) is 37.0 Å². The van der Waals surface area contributed by atoms with Gasteiger partial charge >= 0.3 is 0 Å². The second kappa shape index (κ2) is 10.2. The molecule has 8 nitrogen and oxygen atoms in total. The SMILES string of the molecule is CC(=O)c1ccc(N2CCN([C@H](C)C(=O)Nc3ccc(S(=O)(=O)N4CCCC4)cc3)CC2)cc1. The number of anilines is 2. The summed E-state index contributed by atoms with van der Waals surface area (Å²) in [5.41, 5.74) is 2.36. The number of ketones is 1. The number of sulfonamides is 1. The summed E-state index contributed by atoms with van der Waals surface area (Å²) in [4.78, 5) is 29.0. The molecule has 0 radical (unpaired) electrons. The van der Waals surface area contributed by atoms with Gasteiger partial charge in [-0.1, -0.05) is 0 Å². The zero-order valence-corrected chi connectivity index (χ0v) is 20.6. The van der Waals surface area contributed by atoms with Crippen molar-refractivity contribution in [3.05, 3.63) is 54.1 Å². The molecular weight excluding hydrogens is 452 g/mol. The highest BCUT2D eigenvalue weighted by molar-refractivity contribution is 7.89. The molecule has 0 bridgehead atoms. The van der Waals surface area contributed by atoms with E-state index in [1.54, 1.807) is 31.2 Å².